The summed E-state index contributed by atoms with van der Waals surface area (Å²) in [6.07, 6.45) is 2.82. The van der Waals surface area contributed by atoms with Gasteiger partial charge in [0.1, 0.15) is 0 Å². The summed E-state index contributed by atoms with van der Waals surface area (Å²) in [5, 5.41) is 2.80. The fraction of sp³-hybridized carbons (Fsp3) is 0.250. The van der Waals surface area contributed by atoms with Crippen LogP contribution in [-0.2, 0) is 4.79 Å². The smallest absolute Gasteiger partial charge is 0.220 e. The lowest BCUT2D eigenvalue weighted by molar-refractivity contribution is -0.118. The molecule has 1 amide bonds. The average Bonchev–Trinajstić information content (AvgIpc) is 2.17. The molecule has 0 fully saturated rings. The summed E-state index contributed by atoms with van der Waals surface area (Å²) in [6, 6.07) is 9.95. The van der Waals surface area contributed by atoms with Gasteiger partial charge in [-0.15, -0.1) is 0 Å². The summed E-state index contributed by atoms with van der Waals surface area (Å²) in [7, 11) is 0. The van der Waals surface area contributed by atoms with Crippen LogP contribution in [0.1, 0.15) is 25.8 Å². The van der Waals surface area contributed by atoms with Gasteiger partial charge in [0.25, 0.3) is 0 Å². The van der Waals surface area contributed by atoms with Crippen molar-refractivity contribution in [2.24, 2.45) is 0 Å². The molecular formula is C12H15NO. The minimum absolute atomic E-state index is 0.0194. The van der Waals surface area contributed by atoms with E-state index in [9.17, 15) is 4.79 Å². The van der Waals surface area contributed by atoms with Gasteiger partial charge in [0.2, 0.25) is 5.91 Å². The number of amides is 1. The Morgan fingerprint density at radius 3 is 2.50 bits per heavy atom. The normalized spacial score (nSPS) is 11.1. The van der Waals surface area contributed by atoms with Crippen molar-refractivity contribution >= 4 is 12.0 Å². The van der Waals surface area contributed by atoms with Crippen molar-refractivity contribution in [3.05, 3.63) is 41.6 Å². The number of carbonyl (C=O) groups excluding carboxylic acids is 1. The van der Waals surface area contributed by atoms with Gasteiger partial charge in [-0.3, -0.25) is 4.79 Å². The van der Waals surface area contributed by atoms with Crippen LogP contribution in [0, 0.1) is 0 Å². The summed E-state index contributed by atoms with van der Waals surface area (Å²) >= 11 is 0. The lowest BCUT2D eigenvalue weighted by Crippen LogP contribution is -2.18. The monoisotopic (exact) mass is 189 g/mol. The fourth-order valence-electron chi connectivity index (χ4n) is 1.20. The van der Waals surface area contributed by atoms with Crippen molar-refractivity contribution in [2.45, 2.75) is 20.3 Å². The Kier molecular flexibility index (Phi) is 3.92. The van der Waals surface area contributed by atoms with Crippen molar-refractivity contribution in [3.8, 4) is 0 Å². The number of benzene rings is 1. The van der Waals surface area contributed by atoms with E-state index in [1.165, 1.54) is 6.92 Å². The molecule has 0 aliphatic heterocycles. The van der Waals surface area contributed by atoms with Gasteiger partial charge in [-0.1, -0.05) is 37.3 Å². The first-order valence-electron chi connectivity index (χ1n) is 4.75. The lowest BCUT2D eigenvalue weighted by atomic mass is 10.2. The quantitative estimate of drug-likeness (QED) is 0.778. The standard InChI is InChI=1S/C12H15NO/c1-3-12(13-10(2)14)9-11-7-5-4-6-8-11/h4-9H,3H2,1-2H3,(H,13,14)/b12-9-. The van der Waals surface area contributed by atoms with E-state index in [2.05, 4.69) is 5.32 Å². The summed E-state index contributed by atoms with van der Waals surface area (Å²) in [5.41, 5.74) is 2.06. The van der Waals surface area contributed by atoms with Gasteiger partial charge in [-0.05, 0) is 18.1 Å². The van der Waals surface area contributed by atoms with E-state index in [1.807, 2.05) is 43.3 Å². The molecule has 0 bridgehead atoms. The molecule has 2 nitrogen and oxygen atoms in total. The van der Waals surface area contributed by atoms with Crippen LogP contribution in [0.4, 0.5) is 0 Å². The van der Waals surface area contributed by atoms with Gasteiger partial charge in [-0.25, -0.2) is 0 Å². The number of hydrogen-bond donors (Lipinski definition) is 1. The molecule has 14 heavy (non-hydrogen) atoms. The first-order chi connectivity index (χ1) is 6.72. The maximum absolute atomic E-state index is 10.9. The van der Waals surface area contributed by atoms with Crippen LogP contribution >= 0.6 is 0 Å². The highest BCUT2D eigenvalue weighted by atomic mass is 16.1. The third-order valence-electron chi connectivity index (χ3n) is 1.86. The molecule has 1 aromatic rings. The van der Waals surface area contributed by atoms with Gasteiger partial charge in [0.15, 0.2) is 0 Å². The van der Waals surface area contributed by atoms with Crippen LogP contribution in [0.25, 0.3) is 6.08 Å². The first kappa shape index (κ1) is 10.5. The zero-order chi connectivity index (χ0) is 10.4. The van der Waals surface area contributed by atoms with E-state index in [0.29, 0.717) is 0 Å². The van der Waals surface area contributed by atoms with Crippen LogP contribution in [0.3, 0.4) is 0 Å². The number of hydrogen-bond acceptors (Lipinski definition) is 1. The molecule has 0 aliphatic carbocycles. The first-order valence-corrected chi connectivity index (χ1v) is 4.75. The summed E-state index contributed by atoms with van der Waals surface area (Å²) in [6.45, 7) is 3.54. The molecule has 0 unspecified atom stereocenters. The molecule has 0 spiro atoms. The van der Waals surface area contributed by atoms with Crippen molar-refractivity contribution in [1.82, 2.24) is 5.32 Å². The Morgan fingerprint density at radius 2 is 2.00 bits per heavy atom. The van der Waals surface area contributed by atoms with Crippen LogP contribution in [0.5, 0.6) is 0 Å². The fourth-order valence-corrected chi connectivity index (χ4v) is 1.20. The van der Waals surface area contributed by atoms with Gasteiger partial charge in [0, 0.05) is 12.6 Å². The van der Waals surface area contributed by atoms with Crippen LogP contribution < -0.4 is 5.32 Å². The predicted octanol–water partition coefficient (Wildman–Crippen LogP) is 2.57. The molecular weight excluding hydrogens is 174 g/mol. The van der Waals surface area contributed by atoms with Gasteiger partial charge in [-0.2, -0.15) is 0 Å². The molecule has 0 heterocycles. The third kappa shape index (κ3) is 3.44. The zero-order valence-corrected chi connectivity index (χ0v) is 8.58. The van der Waals surface area contributed by atoms with Gasteiger partial charge < -0.3 is 5.32 Å². The summed E-state index contributed by atoms with van der Waals surface area (Å²) < 4.78 is 0. The molecule has 1 aromatic carbocycles. The molecule has 1 rings (SSSR count). The Morgan fingerprint density at radius 1 is 1.36 bits per heavy atom. The molecule has 0 radical (unpaired) electrons. The van der Waals surface area contributed by atoms with E-state index in [-0.39, 0.29) is 5.91 Å². The number of nitrogens with one attached hydrogen (secondary N) is 1. The Hall–Kier alpha value is -1.57. The van der Waals surface area contributed by atoms with Crippen molar-refractivity contribution < 1.29 is 4.79 Å². The van der Waals surface area contributed by atoms with E-state index < -0.39 is 0 Å². The topological polar surface area (TPSA) is 29.1 Å². The molecule has 0 saturated heterocycles. The maximum Gasteiger partial charge on any atom is 0.220 e. The van der Waals surface area contributed by atoms with Crippen molar-refractivity contribution in [3.63, 3.8) is 0 Å². The van der Waals surface area contributed by atoms with Crippen LogP contribution in [0.2, 0.25) is 0 Å². The predicted molar refractivity (Wildman–Crippen MR) is 58.5 cm³/mol. The minimum atomic E-state index is -0.0194. The van der Waals surface area contributed by atoms with Crippen LogP contribution in [0.15, 0.2) is 36.0 Å². The molecule has 74 valence electrons. The molecule has 0 atom stereocenters. The Bertz CT molecular complexity index is 327. The van der Waals surface area contributed by atoms with Crippen LogP contribution in [-0.4, -0.2) is 5.91 Å². The molecule has 0 saturated carbocycles. The molecule has 0 aromatic heterocycles. The summed E-state index contributed by atoms with van der Waals surface area (Å²) in [4.78, 5) is 10.9. The summed E-state index contributed by atoms with van der Waals surface area (Å²) in [5.74, 6) is -0.0194. The Balaban J connectivity index is 2.78. The van der Waals surface area contributed by atoms with Gasteiger partial charge in [0.05, 0.1) is 0 Å². The average molecular weight is 189 g/mol. The molecule has 2 heteroatoms. The second kappa shape index (κ2) is 5.22. The number of allylic oxidation sites excluding steroid dienone is 1. The second-order valence-electron chi connectivity index (χ2n) is 3.11. The highest BCUT2D eigenvalue weighted by Crippen LogP contribution is 2.06. The van der Waals surface area contributed by atoms with E-state index in [4.69, 9.17) is 0 Å². The van der Waals surface area contributed by atoms with E-state index >= 15 is 0 Å². The Labute approximate surface area is 84.6 Å². The number of carbonyl (C=O) groups is 1. The minimum Gasteiger partial charge on any atom is -0.330 e. The molecule has 0 aliphatic rings. The van der Waals surface area contributed by atoms with Crippen molar-refractivity contribution in [1.29, 1.82) is 0 Å². The molecule has 1 N–H and O–H groups in total. The maximum atomic E-state index is 10.9. The lowest BCUT2D eigenvalue weighted by Gasteiger charge is -2.04. The zero-order valence-electron chi connectivity index (χ0n) is 8.58. The van der Waals surface area contributed by atoms with E-state index in [0.717, 1.165) is 17.7 Å². The van der Waals surface area contributed by atoms with Crippen molar-refractivity contribution in [2.75, 3.05) is 0 Å². The SMILES string of the molecule is CC/C(=C/c1ccccc1)NC(C)=O. The highest BCUT2D eigenvalue weighted by molar-refractivity contribution is 5.76. The third-order valence-corrected chi connectivity index (χ3v) is 1.86. The largest absolute Gasteiger partial charge is 0.330 e. The number of rotatable bonds is 3. The second-order valence-corrected chi connectivity index (χ2v) is 3.11. The highest BCUT2D eigenvalue weighted by Gasteiger charge is 1.96. The van der Waals surface area contributed by atoms with E-state index in [1.54, 1.807) is 0 Å². The van der Waals surface area contributed by atoms with Gasteiger partial charge >= 0.3 is 0 Å².